The van der Waals surface area contributed by atoms with Crippen molar-refractivity contribution in [1.29, 1.82) is 0 Å². The van der Waals surface area contributed by atoms with Gasteiger partial charge in [0.1, 0.15) is 12.4 Å². The lowest BCUT2D eigenvalue weighted by atomic mass is 10.2. The highest BCUT2D eigenvalue weighted by atomic mass is 32.1. The standard InChI is InChI=1S/C20H19N5OS/c1-2-24-13-15(17-10-6-7-11-18(17)24)12-21-25-19(22-23-20(25)27)14-26-16-8-4-3-5-9-16/h3-13H,2,14H2,1H3,(H,23,27)/b21-12-. The van der Waals surface area contributed by atoms with Crippen LogP contribution in [0.15, 0.2) is 65.9 Å². The molecule has 0 saturated carbocycles. The van der Waals surface area contributed by atoms with E-state index >= 15 is 0 Å². The minimum Gasteiger partial charge on any atom is -0.486 e. The SMILES string of the molecule is CCn1cc(/C=N\n2c(COc3ccccc3)n[nH]c2=S)c2ccccc21. The van der Waals surface area contributed by atoms with E-state index in [0.29, 0.717) is 10.6 Å². The summed E-state index contributed by atoms with van der Waals surface area (Å²) in [6.07, 6.45) is 3.91. The van der Waals surface area contributed by atoms with Gasteiger partial charge in [0.25, 0.3) is 0 Å². The topological polar surface area (TPSA) is 60.1 Å². The molecular formula is C20H19N5OS. The Labute approximate surface area is 161 Å². The molecule has 4 rings (SSSR count). The maximum atomic E-state index is 5.76. The van der Waals surface area contributed by atoms with Crippen LogP contribution in [-0.4, -0.2) is 25.7 Å². The fraction of sp³-hybridized carbons (Fsp3) is 0.150. The van der Waals surface area contributed by atoms with E-state index < -0.39 is 0 Å². The molecule has 0 fully saturated rings. The Bertz CT molecular complexity index is 1140. The highest BCUT2D eigenvalue weighted by Crippen LogP contribution is 2.20. The van der Waals surface area contributed by atoms with Crippen LogP contribution in [0, 0.1) is 4.77 Å². The van der Waals surface area contributed by atoms with Crippen molar-refractivity contribution in [1.82, 2.24) is 19.4 Å². The molecule has 0 spiro atoms. The van der Waals surface area contributed by atoms with E-state index in [0.717, 1.165) is 23.2 Å². The van der Waals surface area contributed by atoms with Gasteiger partial charge in [-0.1, -0.05) is 36.4 Å². The highest BCUT2D eigenvalue weighted by Gasteiger charge is 2.08. The maximum Gasteiger partial charge on any atom is 0.216 e. The van der Waals surface area contributed by atoms with Crippen molar-refractivity contribution in [2.75, 3.05) is 0 Å². The van der Waals surface area contributed by atoms with Crippen molar-refractivity contribution in [3.8, 4) is 5.75 Å². The van der Waals surface area contributed by atoms with Gasteiger partial charge in [-0.25, -0.2) is 5.10 Å². The summed E-state index contributed by atoms with van der Waals surface area (Å²) in [7, 11) is 0. The van der Waals surface area contributed by atoms with Crippen molar-refractivity contribution >= 4 is 29.3 Å². The van der Waals surface area contributed by atoms with Crippen LogP contribution in [0.25, 0.3) is 10.9 Å². The molecule has 4 aromatic rings. The zero-order valence-electron chi connectivity index (χ0n) is 14.9. The fourth-order valence-corrected chi connectivity index (χ4v) is 3.16. The monoisotopic (exact) mass is 377 g/mol. The summed E-state index contributed by atoms with van der Waals surface area (Å²) in [6.45, 7) is 3.29. The molecule has 1 N–H and O–H groups in total. The number of nitrogens with zero attached hydrogens (tertiary/aromatic N) is 4. The van der Waals surface area contributed by atoms with Crippen LogP contribution in [0.1, 0.15) is 18.3 Å². The average Bonchev–Trinajstić information content (AvgIpc) is 3.25. The predicted molar refractivity (Wildman–Crippen MR) is 109 cm³/mol. The number of aromatic nitrogens is 4. The maximum absolute atomic E-state index is 5.76. The number of aromatic amines is 1. The van der Waals surface area contributed by atoms with E-state index in [-0.39, 0.29) is 6.61 Å². The van der Waals surface area contributed by atoms with E-state index in [1.165, 1.54) is 5.52 Å². The Morgan fingerprint density at radius 3 is 2.74 bits per heavy atom. The minimum atomic E-state index is 0.269. The smallest absolute Gasteiger partial charge is 0.216 e. The lowest BCUT2D eigenvalue weighted by Crippen LogP contribution is -2.04. The highest BCUT2D eigenvalue weighted by molar-refractivity contribution is 7.71. The van der Waals surface area contributed by atoms with Crippen LogP contribution < -0.4 is 4.74 Å². The molecule has 136 valence electrons. The zero-order valence-corrected chi connectivity index (χ0v) is 15.7. The predicted octanol–water partition coefficient (Wildman–Crippen LogP) is 4.38. The van der Waals surface area contributed by atoms with Crippen molar-refractivity contribution in [3.05, 3.63) is 77.0 Å². The molecule has 0 radical (unpaired) electrons. The Kier molecular flexibility index (Phi) is 4.84. The van der Waals surface area contributed by atoms with E-state index in [9.17, 15) is 0 Å². The second-order valence-corrected chi connectivity index (χ2v) is 6.38. The second-order valence-electron chi connectivity index (χ2n) is 5.99. The fourth-order valence-electron chi connectivity index (χ4n) is 2.96. The first-order valence-corrected chi connectivity index (χ1v) is 9.13. The van der Waals surface area contributed by atoms with Gasteiger partial charge in [0, 0.05) is 29.2 Å². The van der Waals surface area contributed by atoms with Gasteiger partial charge in [-0.15, -0.1) is 0 Å². The first-order valence-electron chi connectivity index (χ1n) is 8.72. The molecule has 0 saturated heterocycles. The molecule has 2 aromatic carbocycles. The summed E-state index contributed by atoms with van der Waals surface area (Å²) in [6, 6.07) is 17.9. The molecule has 0 aliphatic carbocycles. The molecule has 0 bridgehead atoms. The van der Waals surface area contributed by atoms with E-state index in [4.69, 9.17) is 17.0 Å². The zero-order chi connectivity index (χ0) is 18.6. The van der Waals surface area contributed by atoms with Crippen LogP contribution in [0.2, 0.25) is 0 Å². The lowest BCUT2D eigenvalue weighted by Gasteiger charge is -2.04. The lowest BCUT2D eigenvalue weighted by molar-refractivity contribution is 0.290. The van der Waals surface area contributed by atoms with Gasteiger partial charge in [0.2, 0.25) is 4.77 Å². The Balaban J connectivity index is 1.62. The Morgan fingerprint density at radius 2 is 1.93 bits per heavy atom. The third-order valence-electron chi connectivity index (χ3n) is 4.30. The van der Waals surface area contributed by atoms with Crippen molar-refractivity contribution in [2.24, 2.45) is 5.10 Å². The number of aryl methyl sites for hydroxylation is 1. The van der Waals surface area contributed by atoms with E-state index in [1.807, 2.05) is 48.7 Å². The number of H-pyrrole nitrogens is 1. The number of hydrogen-bond donors (Lipinski definition) is 1. The molecular weight excluding hydrogens is 358 g/mol. The van der Waals surface area contributed by atoms with Gasteiger partial charge >= 0.3 is 0 Å². The Hall–Kier alpha value is -3.19. The third-order valence-corrected chi connectivity index (χ3v) is 4.57. The molecule has 0 aliphatic heterocycles. The summed E-state index contributed by atoms with van der Waals surface area (Å²) in [5, 5.41) is 12.7. The van der Waals surface area contributed by atoms with E-state index in [2.05, 4.69) is 45.1 Å². The quantitative estimate of drug-likeness (QED) is 0.401. The van der Waals surface area contributed by atoms with Gasteiger partial charge in [-0.2, -0.15) is 14.9 Å². The number of fused-ring (bicyclic) bond motifs is 1. The molecule has 7 heteroatoms. The summed E-state index contributed by atoms with van der Waals surface area (Å²) in [4.78, 5) is 0. The van der Waals surface area contributed by atoms with Crippen LogP contribution >= 0.6 is 12.2 Å². The van der Waals surface area contributed by atoms with Crippen molar-refractivity contribution in [2.45, 2.75) is 20.1 Å². The Morgan fingerprint density at radius 1 is 1.15 bits per heavy atom. The second kappa shape index (κ2) is 7.59. The summed E-state index contributed by atoms with van der Waals surface area (Å²) in [5.74, 6) is 1.38. The van der Waals surface area contributed by atoms with Crippen molar-refractivity contribution in [3.63, 3.8) is 0 Å². The number of rotatable bonds is 6. The number of benzene rings is 2. The molecule has 27 heavy (non-hydrogen) atoms. The summed E-state index contributed by atoms with van der Waals surface area (Å²) < 4.78 is 9.98. The minimum absolute atomic E-state index is 0.269. The normalized spacial score (nSPS) is 11.4. The number of hydrogen-bond acceptors (Lipinski definition) is 4. The molecule has 0 amide bonds. The van der Waals surface area contributed by atoms with Gasteiger partial charge < -0.3 is 9.30 Å². The van der Waals surface area contributed by atoms with Crippen LogP contribution in [0.4, 0.5) is 0 Å². The van der Waals surface area contributed by atoms with Gasteiger partial charge in [-0.05, 0) is 37.3 Å². The number of ether oxygens (including phenoxy) is 1. The largest absolute Gasteiger partial charge is 0.486 e. The number of para-hydroxylation sites is 2. The molecule has 0 aliphatic rings. The molecule has 0 unspecified atom stereocenters. The summed E-state index contributed by atoms with van der Waals surface area (Å²) in [5.41, 5.74) is 2.22. The van der Waals surface area contributed by atoms with Crippen LogP contribution in [-0.2, 0) is 13.2 Å². The van der Waals surface area contributed by atoms with Gasteiger partial charge in [0.15, 0.2) is 5.82 Å². The summed E-state index contributed by atoms with van der Waals surface area (Å²) >= 11 is 5.31. The van der Waals surface area contributed by atoms with Gasteiger partial charge in [-0.3, -0.25) is 0 Å². The average molecular weight is 377 g/mol. The first kappa shape index (κ1) is 17.2. The van der Waals surface area contributed by atoms with Gasteiger partial charge in [0.05, 0.1) is 6.21 Å². The van der Waals surface area contributed by atoms with Crippen LogP contribution in [0.5, 0.6) is 5.75 Å². The molecule has 2 heterocycles. The number of nitrogens with one attached hydrogen (secondary N) is 1. The van der Waals surface area contributed by atoms with E-state index in [1.54, 1.807) is 4.68 Å². The van der Waals surface area contributed by atoms with Crippen molar-refractivity contribution < 1.29 is 4.74 Å². The molecule has 0 atom stereocenters. The van der Waals surface area contributed by atoms with Crippen LogP contribution in [0.3, 0.4) is 0 Å². The molecule has 6 nitrogen and oxygen atoms in total. The molecule has 2 aromatic heterocycles. The third kappa shape index (κ3) is 3.54. The first-order chi connectivity index (χ1) is 13.3.